The maximum Gasteiger partial charge on any atom is 0.253 e. The summed E-state index contributed by atoms with van der Waals surface area (Å²) in [6.07, 6.45) is 2.15. The van der Waals surface area contributed by atoms with Gasteiger partial charge >= 0.3 is 0 Å². The lowest BCUT2D eigenvalue weighted by Crippen LogP contribution is -2.27. The van der Waals surface area contributed by atoms with Crippen molar-refractivity contribution in [2.75, 3.05) is 18.8 Å². The molecule has 0 bridgehead atoms. The lowest BCUT2D eigenvalue weighted by Gasteiger charge is -2.15. The van der Waals surface area contributed by atoms with Crippen LogP contribution in [0.1, 0.15) is 28.8 Å². The second-order valence-corrected chi connectivity index (χ2v) is 7.26. The molecule has 6 heteroatoms. The van der Waals surface area contributed by atoms with Crippen molar-refractivity contribution in [2.45, 2.75) is 24.3 Å². The molecule has 0 atom stereocenters. The van der Waals surface area contributed by atoms with Crippen LogP contribution in [0.3, 0.4) is 0 Å². The van der Waals surface area contributed by atoms with Gasteiger partial charge in [-0.15, -0.1) is 11.8 Å². The molecule has 0 saturated carbocycles. The molecule has 2 amide bonds. The van der Waals surface area contributed by atoms with Crippen LogP contribution in [0.15, 0.2) is 53.4 Å². The molecule has 0 aromatic heterocycles. The summed E-state index contributed by atoms with van der Waals surface area (Å²) in [5.74, 6) is -0.0206. The summed E-state index contributed by atoms with van der Waals surface area (Å²) in [6.45, 7) is 2.09. The quantitative estimate of drug-likeness (QED) is 0.790. The van der Waals surface area contributed by atoms with Crippen LogP contribution in [0.25, 0.3) is 0 Å². The summed E-state index contributed by atoms with van der Waals surface area (Å²) in [5, 5.41) is 2.86. The number of hydrogen-bond donors (Lipinski definition) is 1. The Kier molecular flexibility index (Phi) is 6.28. The van der Waals surface area contributed by atoms with Gasteiger partial charge in [0.2, 0.25) is 5.91 Å². The highest BCUT2D eigenvalue weighted by molar-refractivity contribution is 8.00. The van der Waals surface area contributed by atoms with Gasteiger partial charge < -0.3 is 10.2 Å². The van der Waals surface area contributed by atoms with Crippen LogP contribution >= 0.6 is 11.8 Å². The molecule has 1 fully saturated rings. The van der Waals surface area contributed by atoms with Crippen LogP contribution < -0.4 is 5.32 Å². The lowest BCUT2D eigenvalue weighted by molar-refractivity contribution is -0.118. The van der Waals surface area contributed by atoms with Crippen molar-refractivity contribution in [3.05, 3.63) is 65.5 Å². The topological polar surface area (TPSA) is 49.4 Å². The van der Waals surface area contributed by atoms with E-state index in [1.165, 1.54) is 23.9 Å². The van der Waals surface area contributed by atoms with E-state index >= 15 is 0 Å². The summed E-state index contributed by atoms with van der Waals surface area (Å²) in [5.41, 5.74) is 1.64. The number of benzene rings is 2. The number of nitrogens with zero attached hydrogens (tertiary/aromatic N) is 1. The highest BCUT2D eigenvalue weighted by atomic mass is 32.2. The van der Waals surface area contributed by atoms with E-state index in [2.05, 4.69) is 5.32 Å². The first-order valence-corrected chi connectivity index (χ1v) is 9.64. The molecule has 1 aliphatic rings. The number of likely N-dealkylation sites (tertiary alicyclic amines) is 1. The van der Waals surface area contributed by atoms with Crippen molar-refractivity contribution < 1.29 is 14.0 Å². The van der Waals surface area contributed by atoms with Crippen molar-refractivity contribution in [1.82, 2.24) is 10.2 Å². The van der Waals surface area contributed by atoms with Gasteiger partial charge in [0.1, 0.15) is 5.82 Å². The third-order valence-corrected chi connectivity index (χ3v) is 5.28. The van der Waals surface area contributed by atoms with E-state index in [1.54, 1.807) is 12.1 Å². The Balaban J connectivity index is 1.44. The minimum Gasteiger partial charge on any atom is -0.351 e. The van der Waals surface area contributed by atoms with Gasteiger partial charge in [0.15, 0.2) is 0 Å². The Bertz CT molecular complexity index is 756. The maximum absolute atomic E-state index is 12.8. The molecular weight excluding hydrogens is 351 g/mol. The normalized spacial score (nSPS) is 13.7. The van der Waals surface area contributed by atoms with Crippen LogP contribution in [0.2, 0.25) is 0 Å². The Labute approximate surface area is 156 Å². The molecule has 3 rings (SSSR count). The molecule has 2 aromatic carbocycles. The number of carbonyl (C=O) groups is 2. The number of hydrogen-bond acceptors (Lipinski definition) is 3. The van der Waals surface area contributed by atoms with Gasteiger partial charge in [-0.1, -0.05) is 12.1 Å². The molecule has 0 radical (unpaired) electrons. The van der Waals surface area contributed by atoms with Crippen LogP contribution in [-0.2, 0) is 11.3 Å². The fourth-order valence-corrected chi connectivity index (χ4v) is 3.53. The third kappa shape index (κ3) is 5.08. The van der Waals surface area contributed by atoms with Crippen molar-refractivity contribution in [3.8, 4) is 0 Å². The van der Waals surface area contributed by atoms with Crippen LogP contribution in [0.4, 0.5) is 4.39 Å². The first kappa shape index (κ1) is 18.5. The second-order valence-electron chi connectivity index (χ2n) is 6.22. The number of rotatable bonds is 6. The monoisotopic (exact) mass is 372 g/mol. The predicted octanol–water partition coefficient (Wildman–Crippen LogP) is 3.47. The number of carbonyl (C=O) groups excluding carboxylic acids is 2. The van der Waals surface area contributed by atoms with Crippen molar-refractivity contribution in [3.63, 3.8) is 0 Å². The SMILES string of the molecule is O=C(CSc1ccc(F)cc1)NCc1ccc(C(=O)N2CCCC2)cc1. The molecule has 0 aliphatic carbocycles. The lowest BCUT2D eigenvalue weighted by atomic mass is 10.1. The average molecular weight is 372 g/mol. The molecular formula is C20H21FN2O2S. The summed E-state index contributed by atoms with van der Waals surface area (Å²) >= 11 is 1.36. The molecule has 2 aromatic rings. The summed E-state index contributed by atoms with van der Waals surface area (Å²) in [7, 11) is 0. The van der Waals surface area contributed by atoms with Gasteiger partial charge in [-0.25, -0.2) is 4.39 Å². The minimum atomic E-state index is -0.287. The van der Waals surface area contributed by atoms with Gasteiger partial charge in [0, 0.05) is 30.1 Å². The first-order chi connectivity index (χ1) is 12.6. The minimum absolute atomic E-state index is 0.0776. The molecule has 1 saturated heterocycles. The maximum atomic E-state index is 12.8. The molecule has 26 heavy (non-hydrogen) atoms. The summed E-state index contributed by atoms with van der Waals surface area (Å²) in [6, 6.07) is 13.4. The molecule has 1 heterocycles. The summed E-state index contributed by atoms with van der Waals surface area (Å²) < 4.78 is 12.8. The number of nitrogens with one attached hydrogen (secondary N) is 1. The number of halogens is 1. The molecule has 0 unspecified atom stereocenters. The Morgan fingerprint density at radius 3 is 2.31 bits per heavy atom. The number of amides is 2. The number of thioether (sulfide) groups is 1. The molecule has 1 N–H and O–H groups in total. The highest BCUT2D eigenvalue weighted by Gasteiger charge is 2.19. The molecule has 136 valence electrons. The van der Waals surface area contributed by atoms with E-state index in [0.717, 1.165) is 36.4 Å². The summed E-state index contributed by atoms with van der Waals surface area (Å²) in [4.78, 5) is 27.0. The fourth-order valence-electron chi connectivity index (χ4n) is 2.80. The fraction of sp³-hybridized carbons (Fsp3) is 0.300. The van der Waals surface area contributed by atoms with Gasteiger partial charge in [0.25, 0.3) is 5.91 Å². The van der Waals surface area contributed by atoms with Gasteiger partial charge in [-0.05, 0) is 54.8 Å². The molecule has 4 nitrogen and oxygen atoms in total. The highest BCUT2D eigenvalue weighted by Crippen LogP contribution is 2.18. The smallest absolute Gasteiger partial charge is 0.253 e. The predicted molar refractivity (Wildman–Crippen MR) is 101 cm³/mol. The largest absolute Gasteiger partial charge is 0.351 e. The zero-order valence-corrected chi connectivity index (χ0v) is 15.2. The van der Waals surface area contributed by atoms with E-state index < -0.39 is 0 Å². The Morgan fingerprint density at radius 2 is 1.65 bits per heavy atom. The van der Waals surface area contributed by atoms with Crippen LogP contribution in [0.5, 0.6) is 0 Å². The van der Waals surface area contributed by atoms with E-state index in [4.69, 9.17) is 0 Å². The van der Waals surface area contributed by atoms with E-state index in [9.17, 15) is 14.0 Å². The third-order valence-electron chi connectivity index (χ3n) is 4.27. The van der Waals surface area contributed by atoms with Crippen molar-refractivity contribution in [2.24, 2.45) is 0 Å². The first-order valence-electron chi connectivity index (χ1n) is 8.65. The zero-order valence-electron chi connectivity index (χ0n) is 14.4. The van der Waals surface area contributed by atoms with E-state index in [1.807, 2.05) is 29.2 Å². The zero-order chi connectivity index (χ0) is 18.4. The van der Waals surface area contributed by atoms with E-state index in [-0.39, 0.29) is 23.4 Å². The Morgan fingerprint density at radius 1 is 1.00 bits per heavy atom. The van der Waals surface area contributed by atoms with Crippen LogP contribution in [0, 0.1) is 5.82 Å². The molecule has 1 aliphatic heterocycles. The standard InChI is InChI=1S/C20H21FN2O2S/c21-17-7-9-18(10-8-17)26-14-19(24)22-13-15-3-5-16(6-4-15)20(25)23-11-1-2-12-23/h3-10H,1-2,11-14H2,(H,22,24). The average Bonchev–Trinajstić information content (AvgIpc) is 3.20. The Hall–Kier alpha value is -2.34. The van der Waals surface area contributed by atoms with Gasteiger partial charge in [0.05, 0.1) is 5.75 Å². The molecule has 0 spiro atoms. The van der Waals surface area contributed by atoms with Crippen molar-refractivity contribution in [1.29, 1.82) is 0 Å². The van der Waals surface area contributed by atoms with Gasteiger partial charge in [-0.2, -0.15) is 0 Å². The van der Waals surface area contributed by atoms with E-state index in [0.29, 0.717) is 12.1 Å². The van der Waals surface area contributed by atoms with Gasteiger partial charge in [-0.3, -0.25) is 9.59 Å². The van der Waals surface area contributed by atoms with Crippen molar-refractivity contribution >= 4 is 23.6 Å². The van der Waals surface area contributed by atoms with Crippen LogP contribution in [-0.4, -0.2) is 35.6 Å². The second kappa shape index (κ2) is 8.85.